The molecule has 0 aliphatic heterocycles. The van der Waals surface area contributed by atoms with Gasteiger partial charge in [-0.25, -0.2) is 4.98 Å². The van der Waals surface area contributed by atoms with Gasteiger partial charge < -0.3 is 4.18 Å². The second-order valence-corrected chi connectivity index (χ2v) is 6.87. The number of hydrogen-bond acceptors (Lipinski definition) is 4. The third kappa shape index (κ3) is 3.30. The van der Waals surface area contributed by atoms with Crippen molar-refractivity contribution >= 4 is 21.0 Å². The fraction of sp³-hybridized carbons (Fsp3) is 0.118. The number of aromatic nitrogens is 1. The van der Waals surface area contributed by atoms with E-state index in [1.165, 1.54) is 6.07 Å². The van der Waals surface area contributed by atoms with Gasteiger partial charge in [0, 0.05) is 10.9 Å². The first-order valence-electron chi connectivity index (χ1n) is 7.15. The van der Waals surface area contributed by atoms with Crippen molar-refractivity contribution in [3.8, 4) is 17.0 Å². The lowest BCUT2D eigenvalue weighted by molar-refractivity contribution is -0.0499. The van der Waals surface area contributed by atoms with Crippen LogP contribution in [-0.2, 0) is 10.1 Å². The lowest BCUT2D eigenvalue weighted by Gasteiger charge is -2.13. The maximum absolute atomic E-state index is 12.6. The van der Waals surface area contributed by atoms with E-state index in [-0.39, 0.29) is 5.52 Å². The van der Waals surface area contributed by atoms with Crippen molar-refractivity contribution in [2.75, 3.05) is 0 Å². The van der Waals surface area contributed by atoms with Crippen LogP contribution in [0.1, 0.15) is 5.56 Å². The number of nitrogens with zero attached hydrogens (tertiary/aromatic N) is 1. The van der Waals surface area contributed by atoms with Crippen molar-refractivity contribution in [2.45, 2.75) is 12.4 Å². The molecule has 8 heteroatoms. The Morgan fingerprint density at radius 1 is 1.00 bits per heavy atom. The highest BCUT2D eigenvalue weighted by Gasteiger charge is 2.48. The molecule has 25 heavy (non-hydrogen) atoms. The quantitative estimate of drug-likeness (QED) is 0.507. The van der Waals surface area contributed by atoms with Crippen LogP contribution in [0.3, 0.4) is 0 Å². The fourth-order valence-electron chi connectivity index (χ4n) is 2.40. The smallest absolute Gasteiger partial charge is 0.374 e. The summed E-state index contributed by atoms with van der Waals surface area (Å²) in [4.78, 5) is 4.35. The highest BCUT2D eigenvalue weighted by molar-refractivity contribution is 7.88. The molecular weight excluding hydrogens is 355 g/mol. The Morgan fingerprint density at radius 3 is 2.32 bits per heavy atom. The zero-order valence-corrected chi connectivity index (χ0v) is 13.7. The second-order valence-electron chi connectivity index (χ2n) is 5.33. The van der Waals surface area contributed by atoms with E-state index < -0.39 is 21.4 Å². The Hall–Kier alpha value is -2.61. The molecule has 0 unspecified atom stereocenters. The number of para-hydroxylation sites is 1. The Labute approximate surface area is 142 Å². The Bertz CT molecular complexity index is 1030. The molecule has 0 aliphatic carbocycles. The minimum Gasteiger partial charge on any atom is -0.374 e. The topological polar surface area (TPSA) is 56.3 Å². The van der Waals surface area contributed by atoms with Crippen molar-refractivity contribution < 1.29 is 25.8 Å². The number of pyridine rings is 1. The van der Waals surface area contributed by atoms with E-state index in [2.05, 4.69) is 9.17 Å². The van der Waals surface area contributed by atoms with Gasteiger partial charge in [-0.15, -0.1) is 0 Å². The molecule has 0 radical (unpaired) electrons. The van der Waals surface area contributed by atoms with Gasteiger partial charge in [0.1, 0.15) is 5.52 Å². The molecular formula is C17H12F3NO3S. The van der Waals surface area contributed by atoms with Crippen LogP contribution in [0.4, 0.5) is 13.2 Å². The van der Waals surface area contributed by atoms with Crippen LogP contribution in [0.25, 0.3) is 22.2 Å². The number of hydrogen-bond donors (Lipinski definition) is 0. The normalized spacial score (nSPS) is 12.3. The average Bonchev–Trinajstić information content (AvgIpc) is 2.54. The molecule has 1 heterocycles. The number of fused-ring (bicyclic) bond motifs is 1. The number of aryl methyl sites for hydroxylation is 1. The lowest BCUT2D eigenvalue weighted by atomic mass is 10.0. The van der Waals surface area contributed by atoms with E-state index in [0.717, 1.165) is 17.2 Å². The molecule has 0 amide bonds. The van der Waals surface area contributed by atoms with Gasteiger partial charge in [0.05, 0.1) is 5.69 Å². The summed E-state index contributed by atoms with van der Waals surface area (Å²) >= 11 is 0. The van der Waals surface area contributed by atoms with Gasteiger partial charge in [-0.3, -0.25) is 0 Å². The van der Waals surface area contributed by atoms with E-state index in [4.69, 9.17) is 0 Å². The maximum atomic E-state index is 12.6. The van der Waals surface area contributed by atoms with Crippen molar-refractivity contribution in [1.29, 1.82) is 0 Å². The first-order valence-corrected chi connectivity index (χ1v) is 8.56. The van der Waals surface area contributed by atoms with E-state index in [1.54, 1.807) is 36.4 Å². The van der Waals surface area contributed by atoms with Gasteiger partial charge in [-0.05, 0) is 24.6 Å². The summed E-state index contributed by atoms with van der Waals surface area (Å²) in [6.45, 7) is 1.81. The second kappa shape index (κ2) is 6.03. The molecule has 1 aromatic heterocycles. The van der Waals surface area contributed by atoms with Gasteiger partial charge in [0.25, 0.3) is 0 Å². The predicted molar refractivity (Wildman–Crippen MR) is 87.5 cm³/mol. The number of alkyl halides is 3. The summed E-state index contributed by atoms with van der Waals surface area (Å²) in [7, 11) is -5.77. The minimum atomic E-state index is -5.77. The van der Waals surface area contributed by atoms with Gasteiger partial charge in [-0.2, -0.15) is 21.6 Å². The summed E-state index contributed by atoms with van der Waals surface area (Å²) in [6.07, 6.45) is 0. The van der Waals surface area contributed by atoms with Crippen LogP contribution >= 0.6 is 0 Å². The monoisotopic (exact) mass is 367 g/mol. The molecule has 0 saturated carbocycles. The van der Waals surface area contributed by atoms with E-state index in [0.29, 0.717) is 11.1 Å². The highest BCUT2D eigenvalue weighted by Crippen LogP contribution is 2.33. The van der Waals surface area contributed by atoms with Crippen LogP contribution in [0.5, 0.6) is 5.75 Å². The van der Waals surface area contributed by atoms with E-state index in [1.807, 2.05) is 13.0 Å². The molecule has 0 saturated heterocycles. The number of rotatable bonds is 3. The zero-order chi connectivity index (χ0) is 18.2. The third-order valence-corrected chi connectivity index (χ3v) is 4.50. The SMILES string of the molecule is Cc1cc2cccc(OS(=O)(=O)C(F)(F)F)c2nc1-c1ccccc1. The maximum Gasteiger partial charge on any atom is 0.534 e. The van der Waals surface area contributed by atoms with Crippen LogP contribution in [-0.4, -0.2) is 18.9 Å². The lowest BCUT2D eigenvalue weighted by Crippen LogP contribution is -2.28. The van der Waals surface area contributed by atoms with Crippen LogP contribution in [0, 0.1) is 6.92 Å². The average molecular weight is 367 g/mol. The molecule has 0 fully saturated rings. The van der Waals surface area contributed by atoms with Crippen LogP contribution in [0.15, 0.2) is 54.6 Å². The molecule has 3 aromatic rings. The summed E-state index contributed by atoms with van der Waals surface area (Å²) in [5.74, 6) is -0.466. The summed E-state index contributed by atoms with van der Waals surface area (Å²) in [6, 6.07) is 14.9. The highest BCUT2D eigenvalue weighted by atomic mass is 32.2. The first-order chi connectivity index (χ1) is 11.7. The fourth-order valence-corrected chi connectivity index (χ4v) is 2.86. The molecule has 130 valence electrons. The molecule has 0 spiro atoms. The van der Waals surface area contributed by atoms with E-state index >= 15 is 0 Å². The molecule has 3 rings (SSSR count). The molecule has 0 atom stereocenters. The molecule has 2 aromatic carbocycles. The minimum absolute atomic E-state index is 0.0415. The Morgan fingerprint density at radius 2 is 1.68 bits per heavy atom. The molecule has 0 N–H and O–H groups in total. The standard InChI is InChI=1S/C17H12F3NO3S/c1-11-10-13-8-5-9-14(24-25(22,23)17(18,19)20)16(13)21-15(11)12-6-3-2-4-7-12/h2-10H,1H3. The molecule has 0 aliphatic rings. The number of halogens is 3. The van der Waals surface area contributed by atoms with Crippen LogP contribution in [0.2, 0.25) is 0 Å². The largest absolute Gasteiger partial charge is 0.534 e. The first kappa shape index (κ1) is 17.2. The predicted octanol–water partition coefficient (Wildman–Crippen LogP) is 4.44. The Kier molecular flexibility index (Phi) is 4.16. The van der Waals surface area contributed by atoms with E-state index in [9.17, 15) is 21.6 Å². The van der Waals surface area contributed by atoms with Gasteiger partial charge >= 0.3 is 15.6 Å². The summed E-state index contributed by atoms with van der Waals surface area (Å²) in [5.41, 5.74) is -3.37. The van der Waals surface area contributed by atoms with Crippen LogP contribution < -0.4 is 4.18 Å². The van der Waals surface area contributed by atoms with Crippen molar-refractivity contribution in [1.82, 2.24) is 4.98 Å². The zero-order valence-electron chi connectivity index (χ0n) is 12.9. The molecule has 4 nitrogen and oxygen atoms in total. The summed E-state index contributed by atoms with van der Waals surface area (Å²) < 4.78 is 64.7. The molecule has 0 bridgehead atoms. The van der Waals surface area contributed by atoms with Crippen molar-refractivity contribution in [3.63, 3.8) is 0 Å². The van der Waals surface area contributed by atoms with Gasteiger partial charge in [-0.1, -0.05) is 42.5 Å². The van der Waals surface area contributed by atoms with Gasteiger partial charge in [0.15, 0.2) is 5.75 Å². The summed E-state index contributed by atoms with van der Waals surface area (Å²) in [5, 5.41) is 0.479. The van der Waals surface area contributed by atoms with Crippen molar-refractivity contribution in [2.24, 2.45) is 0 Å². The third-order valence-electron chi connectivity index (χ3n) is 3.53. The Balaban J connectivity index is 2.18. The van der Waals surface area contributed by atoms with Gasteiger partial charge in [0.2, 0.25) is 0 Å². The number of benzene rings is 2. The van der Waals surface area contributed by atoms with Crippen molar-refractivity contribution in [3.05, 3.63) is 60.2 Å².